The number of thioether (sulfide) groups is 1. The summed E-state index contributed by atoms with van der Waals surface area (Å²) in [5.41, 5.74) is 5.89. The van der Waals surface area contributed by atoms with E-state index in [0.29, 0.717) is 10.8 Å². The van der Waals surface area contributed by atoms with Crippen LogP contribution in [0.5, 0.6) is 5.75 Å². The largest absolute Gasteiger partial charge is 0.484 e. The number of hydrogen-bond donors (Lipinski definition) is 3. The van der Waals surface area contributed by atoms with Gasteiger partial charge in [0.15, 0.2) is 13.2 Å². The van der Waals surface area contributed by atoms with E-state index in [-0.39, 0.29) is 19.1 Å². The summed E-state index contributed by atoms with van der Waals surface area (Å²) in [6, 6.07) is 14.9. The summed E-state index contributed by atoms with van der Waals surface area (Å²) in [4.78, 5) is 25.9. The van der Waals surface area contributed by atoms with Gasteiger partial charge in [-0.25, -0.2) is 0 Å². The molecule has 0 aromatic heterocycles. The molecule has 1 atom stereocenters. The van der Waals surface area contributed by atoms with Crippen LogP contribution in [0.3, 0.4) is 0 Å². The molecule has 2 aromatic rings. The molecule has 0 spiro atoms. The quantitative estimate of drug-likeness (QED) is 0.455. The number of likely N-dealkylation sites (N-methyl/N-ethyl adjacent to an activating group) is 1. The molecule has 8 heteroatoms. The number of ether oxygens (including phenoxy) is 1. The molecule has 0 fully saturated rings. The molecule has 3 N–H and O–H groups in total. The molecule has 1 unspecified atom stereocenters. The van der Waals surface area contributed by atoms with E-state index in [2.05, 4.69) is 35.1 Å². The summed E-state index contributed by atoms with van der Waals surface area (Å²) in [7, 11) is 1.92. The van der Waals surface area contributed by atoms with Crippen LogP contribution in [0.15, 0.2) is 53.4 Å². The van der Waals surface area contributed by atoms with E-state index >= 15 is 0 Å². The lowest BCUT2D eigenvalue weighted by Gasteiger charge is -2.14. The van der Waals surface area contributed by atoms with Crippen molar-refractivity contribution in [2.24, 2.45) is 0 Å². The van der Waals surface area contributed by atoms with Crippen LogP contribution in [0.25, 0.3) is 0 Å². The molecule has 0 aliphatic carbocycles. The number of halogens is 1. The molecule has 2 aromatic carbocycles. The van der Waals surface area contributed by atoms with Crippen molar-refractivity contribution in [1.82, 2.24) is 10.9 Å². The maximum atomic E-state index is 12.0. The standard InChI is InChI=1S/C19H22ClN3O3S/c1-23(11-14-3-9-17(27-2)10-4-14)12-18(24)21-22-19(25)13-26-16-7-5-15(20)6-8-16/h3-10H,11-13H2,1-2H3,(H,21,24)(H,22,25)/p+1. The Balaban J connectivity index is 1.66. The van der Waals surface area contributed by atoms with Gasteiger partial charge in [-0.1, -0.05) is 23.7 Å². The second-order valence-electron chi connectivity index (χ2n) is 6.00. The van der Waals surface area contributed by atoms with Crippen molar-refractivity contribution in [3.05, 3.63) is 59.1 Å². The molecular formula is C19H23ClN3O3S+. The monoisotopic (exact) mass is 408 g/mol. The lowest BCUT2D eigenvalue weighted by molar-refractivity contribution is -0.885. The van der Waals surface area contributed by atoms with Gasteiger partial charge < -0.3 is 9.64 Å². The predicted molar refractivity (Wildman–Crippen MR) is 107 cm³/mol. The Labute approximate surface area is 168 Å². The Morgan fingerprint density at radius 1 is 1.04 bits per heavy atom. The minimum Gasteiger partial charge on any atom is -0.484 e. The fourth-order valence-electron chi connectivity index (χ4n) is 2.33. The summed E-state index contributed by atoms with van der Waals surface area (Å²) < 4.78 is 5.31. The molecular weight excluding hydrogens is 386 g/mol. The smallest absolute Gasteiger partial charge is 0.293 e. The van der Waals surface area contributed by atoms with Gasteiger partial charge in [0.2, 0.25) is 0 Å². The van der Waals surface area contributed by atoms with E-state index in [1.807, 2.05) is 13.3 Å². The fourth-order valence-corrected chi connectivity index (χ4v) is 2.86. The highest BCUT2D eigenvalue weighted by Crippen LogP contribution is 2.15. The first-order valence-corrected chi connectivity index (χ1v) is 9.97. The molecule has 0 saturated heterocycles. The van der Waals surface area contributed by atoms with Crippen LogP contribution in [0.2, 0.25) is 5.02 Å². The Morgan fingerprint density at radius 3 is 2.30 bits per heavy atom. The average Bonchev–Trinajstić information content (AvgIpc) is 2.66. The minimum atomic E-state index is -0.441. The van der Waals surface area contributed by atoms with Crippen LogP contribution < -0.4 is 20.5 Å². The third kappa shape index (κ3) is 7.90. The van der Waals surface area contributed by atoms with Crippen molar-refractivity contribution in [3.63, 3.8) is 0 Å². The Hall–Kier alpha value is -2.22. The molecule has 0 saturated carbocycles. The van der Waals surface area contributed by atoms with Crippen LogP contribution >= 0.6 is 23.4 Å². The fraction of sp³-hybridized carbons (Fsp3) is 0.263. The Kier molecular flexibility index (Phi) is 8.44. The highest BCUT2D eigenvalue weighted by atomic mass is 35.5. The third-order valence-corrected chi connectivity index (χ3v) is 4.65. The van der Waals surface area contributed by atoms with Crippen molar-refractivity contribution in [2.45, 2.75) is 11.4 Å². The molecule has 0 bridgehead atoms. The average molecular weight is 409 g/mol. The highest BCUT2D eigenvalue weighted by molar-refractivity contribution is 7.98. The van der Waals surface area contributed by atoms with Crippen molar-refractivity contribution in [1.29, 1.82) is 0 Å². The number of amides is 2. The summed E-state index contributed by atoms with van der Waals surface area (Å²) >= 11 is 7.47. The van der Waals surface area contributed by atoms with E-state index in [9.17, 15) is 9.59 Å². The van der Waals surface area contributed by atoms with Crippen molar-refractivity contribution < 1.29 is 19.2 Å². The van der Waals surface area contributed by atoms with Gasteiger partial charge in [-0.2, -0.15) is 0 Å². The number of hydrogen-bond acceptors (Lipinski definition) is 4. The summed E-state index contributed by atoms with van der Waals surface area (Å²) in [5, 5.41) is 0.589. The van der Waals surface area contributed by atoms with Crippen LogP contribution in [0.1, 0.15) is 5.56 Å². The minimum absolute atomic E-state index is 0.202. The molecule has 27 heavy (non-hydrogen) atoms. The van der Waals surface area contributed by atoms with Crippen LogP contribution in [0, 0.1) is 0 Å². The summed E-state index contributed by atoms with van der Waals surface area (Å²) in [6.45, 7) is 0.755. The summed E-state index contributed by atoms with van der Waals surface area (Å²) in [5.74, 6) is -0.186. The number of hydrazine groups is 1. The SMILES string of the molecule is CSc1ccc(C[NH+](C)CC(=O)NNC(=O)COc2ccc(Cl)cc2)cc1. The summed E-state index contributed by atoms with van der Waals surface area (Å²) in [6.07, 6.45) is 2.03. The van der Waals surface area contributed by atoms with Gasteiger partial charge in [-0.3, -0.25) is 20.4 Å². The van der Waals surface area contributed by atoms with Crippen molar-refractivity contribution in [2.75, 3.05) is 26.5 Å². The van der Waals surface area contributed by atoms with E-state index in [0.717, 1.165) is 17.0 Å². The Bertz CT molecular complexity index is 754. The molecule has 2 rings (SSSR count). The van der Waals surface area contributed by atoms with E-state index in [4.69, 9.17) is 16.3 Å². The van der Waals surface area contributed by atoms with Gasteiger partial charge in [0, 0.05) is 15.5 Å². The highest BCUT2D eigenvalue weighted by Gasteiger charge is 2.12. The van der Waals surface area contributed by atoms with Gasteiger partial charge >= 0.3 is 0 Å². The van der Waals surface area contributed by atoms with Crippen LogP contribution in [0.4, 0.5) is 0 Å². The van der Waals surface area contributed by atoms with Gasteiger partial charge in [0.25, 0.3) is 11.8 Å². The van der Waals surface area contributed by atoms with Gasteiger partial charge in [0.05, 0.1) is 7.05 Å². The second kappa shape index (κ2) is 10.8. The van der Waals surface area contributed by atoms with E-state index in [1.165, 1.54) is 4.90 Å². The van der Waals surface area contributed by atoms with Crippen molar-refractivity contribution in [3.8, 4) is 5.75 Å². The molecule has 0 aliphatic heterocycles. The number of carbonyl (C=O) groups excluding carboxylic acids is 2. The zero-order valence-corrected chi connectivity index (χ0v) is 16.8. The molecule has 0 heterocycles. The Morgan fingerprint density at radius 2 is 1.67 bits per heavy atom. The first-order chi connectivity index (χ1) is 13.0. The normalized spacial score (nSPS) is 11.5. The lowest BCUT2D eigenvalue weighted by atomic mass is 10.2. The number of quaternary nitrogens is 1. The predicted octanol–water partition coefficient (Wildman–Crippen LogP) is 1.30. The van der Waals surface area contributed by atoms with Gasteiger partial charge in [-0.05, 0) is 42.7 Å². The topological polar surface area (TPSA) is 71.9 Å². The maximum absolute atomic E-state index is 12.0. The third-order valence-electron chi connectivity index (χ3n) is 3.65. The van der Waals surface area contributed by atoms with E-state index < -0.39 is 5.91 Å². The lowest BCUT2D eigenvalue weighted by Crippen LogP contribution is -3.09. The van der Waals surface area contributed by atoms with Crippen molar-refractivity contribution >= 4 is 35.2 Å². The second-order valence-corrected chi connectivity index (χ2v) is 7.31. The van der Waals surface area contributed by atoms with Gasteiger partial charge in [-0.15, -0.1) is 11.8 Å². The van der Waals surface area contributed by atoms with Gasteiger partial charge in [0.1, 0.15) is 12.3 Å². The number of rotatable bonds is 8. The van der Waals surface area contributed by atoms with Crippen LogP contribution in [-0.2, 0) is 16.1 Å². The molecule has 6 nitrogen and oxygen atoms in total. The molecule has 0 aliphatic rings. The van der Waals surface area contributed by atoms with E-state index in [1.54, 1.807) is 36.0 Å². The van der Waals surface area contributed by atoms with Crippen LogP contribution in [-0.4, -0.2) is 38.3 Å². The number of carbonyl (C=O) groups is 2. The molecule has 2 amide bonds. The number of nitrogens with one attached hydrogen (secondary N) is 3. The maximum Gasteiger partial charge on any atom is 0.293 e. The number of benzene rings is 2. The molecule has 144 valence electrons. The zero-order chi connectivity index (χ0) is 19.6. The first-order valence-electron chi connectivity index (χ1n) is 8.36. The first kappa shape index (κ1) is 21.1. The zero-order valence-electron chi connectivity index (χ0n) is 15.3. The molecule has 0 radical (unpaired) electrons.